The monoisotopic (exact) mass is 216 g/mol. The predicted molar refractivity (Wildman–Crippen MR) is 47.1 cm³/mol. The van der Waals surface area contributed by atoms with Crippen molar-refractivity contribution in [1.29, 1.82) is 0 Å². The number of phenolic OH excluding ortho intramolecular Hbond substituents is 2. The van der Waals surface area contributed by atoms with Crippen LogP contribution in [0.15, 0.2) is 12.1 Å². The van der Waals surface area contributed by atoms with Crippen molar-refractivity contribution in [1.82, 2.24) is 0 Å². The molecule has 0 aliphatic carbocycles. The van der Waals surface area contributed by atoms with E-state index < -0.39 is 0 Å². The molecule has 0 atom stereocenters. The summed E-state index contributed by atoms with van der Waals surface area (Å²) in [7, 11) is 0. The lowest BCUT2D eigenvalue weighted by Gasteiger charge is -2.03. The second-order valence-corrected chi connectivity index (χ2v) is 2.99. The van der Waals surface area contributed by atoms with E-state index in [1.54, 1.807) is 0 Å². The fourth-order valence-electron chi connectivity index (χ4n) is 0.935. The molecule has 0 spiro atoms. The van der Waals surface area contributed by atoms with Crippen LogP contribution in [0, 0.1) is 6.92 Å². The molecule has 0 radical (unpaired) electrons. The highest BCUT2D eigenvalue weighted by atomic mass is 79.9. The van der Waals surface area contributed by atoms with Crippen molar-refractivity contribution in [3.63, 3.8) is 0 Å². The minimum atomic E-state index is -0.0561. The van der Waals surface area contributed by atoms with Crippen molar-refractivity contribution in [3.8, 4) is 11.5 Å². The number of alkyl halides is 1. The molecule has 1 aromatic rings. The van der Waals surface area contributed by atoms with Crippen molar-refractivity contribution < 1.29 is 10.2 Å². The Kier molecular flexibility index (Phi) is 2.39. The van der Waals surface area contributed by atoms with E-state index in [4.69, 9.17) is 5.11 Å². The number of halogens is 1. The summed E-state index contributed by atoms with van der Waals surface area (Å²) in [5.41, 5.74) is 1.65. The molecule has 0 aromatic heterocycles. The standard InChI is InChI=1S/C8H9BrO2/c1-5-2-6(4-9)8(11)7(10)3-5/h2-3,10-11H,4H2,1H3. The van der Waals surface area contributed by atoms with E-state index in [0.717, 1.165) is 5.56 Å². The third-order valence-electron chi connectivity index (χ3n) is 1.46. The molecule has 0 heterocycles. The van der Waals surface area contributed by atoms with Gasteiger partial charge >= 0.3 is 0 Å². The highest BCUT2D eigenvalue weighted by molar-refractivity contribution is 9.08. The van der Waals surface area contributed by atoms with Crippen LogP contribution in [0.5, 0.6) is 11.5 Å². The van der Waals surface area contributed by atoms with Crippen LogP contribution in [-0.4, -0.2) is 10.2 Å². The fraction of sp³-hybridized carbons (Fsp3) is 0.250. The Morgan fingerprint density at radius 3 is 2.55 bits per heavy atom. The van der Waals surface area contributed by atoms with Gasteiger partial charge in [0.25, 0.3) is 0 Å². The predicted octanol–water partition coefficient (Wildman–Crippen LogP) is 2.30. The Morgan fingerprint density at radius 1 is 1.36 bits per heavy atom. The van der Waals surface area contributed by atoms with Crippen molar-refractivity contribution >= 4 is 15.9 Å². The Bertz CT molecular complexity index is 271. The van der Waals surface area contributed by atoms with E-state index in [1.807, 2.05) is 13.0 Å². The molecule has 2 N–H and O–H groups in total. The lowest BCUT2D eigenvalue weighted by molar-refractivity contribution is 0.400. The molecular weight excluding hydrogens is 208 g/mol. The molecular formula is C8H9BrO2. The summed E-state index contributed by atoms with van der Waals surface area (Å²) < 4.78 is 0. The summed E-state index contributed by atoms with van der Waals surface area (Å²) in [6, 6.07) is 3.35. The average molecular weight is 217 g/mol. The molecule has 0 fully saturated rings. The number of hydrogen-bond donors (Lipinski definition) is 2. The van der Waals surface area contributed by atoms with E-state index in [0.29, 0.717) is 10.9 Å². The number of aryl methyl sites for hydroxylation is 1. The molecule has 2 nitrogen and oxygen atoms in total. The SMILES string of the molecule is Cc1cc(O)c(O)c(CBr)c1. The van der Waals surface area contributed by atoms with Gasteiger partial charge in [-0.05, 0) is 18.6 Å². The van der Waals surface area contributed by atoms with Gasteiger partial charge in [0, 0.05) is 10.9 Å². The van der Waals surface area contributed by atoms with E-state index in [2.05, 4.69) is 15.9 Å². The first kappa shape index (κ1) is 8.40. The van der Waals surface area contributed by atoms with Gasteiger partial charge in [-0.1, -0.05) is 22.0 Å². The Balaban J connectivity index is 3.24. The van der Waals surface area contributed by atoms with Gasteiger partial charge in [-0.25, -0.2) is 0 Å². The van der Waals surface area contributed by atoms with E-state index in [9.17, 15) is 5.11 Å². The third-order valence-corrected chi connectivity index (χ3v) is 2.06. The maximum atomic E-state index is 9.24. The van der Waals surface area contributed by atoms with Gasteiger partial charge in [-0.2, -0.15) is 0 Å². The first-order valence-electron chi connectivity index (χ1n) is 3.22. The first-order valence-corrected chi connectivity index (χ1v) is 4.34. The second-order valence-electron chi connectivity index (χ2n) is 2.43. The zero-order valence-corrected chi connectivity index (χ0v) is 7.72. The van der Waals surface area contributed by atoms with Gasteiger partial charge < -0.3 is 10.2 Å². The quantitative estimate of drug-likeness (QED) is 0.559. The number of phenols is 2. The largest absolute Gasteiger partial charge is 0.504 e. The highest BCUT2D eigenvalue weighted by Gasteiger charge is 2.05. The van der Waals surface area contributed by atoms with Gasteiger partial charge in [0.1, 0.15) is 0 Å². The Morgan fingerprint density at radius 2 is 2.00 bits per heavy atom. The molecule has 60 valence electrons. The zero-order valence-electron chi connectivity index (χ0n) is 6.13. The minimum Gasteiger partial charge on any atom is -0.504 e. The van der Waals surface area contributed by atoms with E-state index in [-0.39, 0.29) is 11.5 Å². The van der Waals surface area contributed by atoms with Crippen molar-refractivity contribution in [3.05, 3.63) is 23.3 Å². The van der Waals surface area contributed by atoms with E-state index >= 15 is 0 Å². The summed E-state index contributed by atoms with van der Waals surface area (Å²) in [5.74, 6) is -0.0908. The molecule has 0 saturated carbocycles. The minimum absolute atomic E-state index is 0.0347. The molecule has 0 amide bonds. The molecule has 11 heavy (non-hydrogen) atoms. The van der Waals surface area contributed by atoms with Crippen LogP contribution < -0.4 is 0 Å². The van der Waals surface area contributed by atoms with Crippen LogP contribution in [0.4, 0.5) is 0 Å². The molecule has 1 rings (SSSR count). The van der Waals surface area contributed by atoms with Crippen LogP contribution in [0.1, 0.15) is 11.1 Å². The van der Waals surface area contributed by atoms with Gasteiger partial charge in [0.15, 0.2) is 11.5 Å². The van der Waals surface area contributed by atoms with Gasteiger partial charge in [-0.15, -0.1) is 0 Å². The normalized spacial score (nSPS) is 10.0. The molecule has 0 bridgehead atoms. The summed E-state index contributed by atoms with van der Waals surface area (Å²) in [4.78, 5) is 0. The maximum absolute atomic E-state index is 9.24. The number of benzene rings is 1. The molecule has 0 unspecified atom stereocenters. The number of aromatic hydroxyl groups is 2. The molecule has 0 saturated heterocycles. The van der Waals surface area contributed by atoms with Crippen LogP contribution in [-0.2, 0) is 5.33 Å². The number of hydrogen-bond acceptors (Lipinski definition) is 2. The van der Waals surface area contributed by atoms with Gasteiger partial charge in [0.2, 0.25) is 0 Å². The fourth-order valence-corrected chi connectivity index (χ4v) is 1.36. The third kappa shape index (κ3) is 1.66. The number of rotatable bonds is 1. The topological polar surface area (TPSA) is 40.5 Å². The Labute approximate surface area is 73.6 Å². The van der Waals surface area contributed by atoms with Crippen molar-refractivity contribution in [2.24, 2.45) is 0 Å². The lowest BCUT2D eigenvalue weighted by Crippen LogP contribution is -1.82. The lowest BCUT2D eigenvalue weighted by atomic mass is 10.1. The summed E-state index contributed by atoms with van der Waals surface area (Å²) in [5, 5.41) is 18.9. The molecule has 0 aliphatic heterocycles. The van der Waals surface area contributed by atoms with Crippen LogP contribution in [0.2, 0.25) is 0 Å². The Hall–Kier alpha value is -0.700. The van der Waals surface area contributed by atoms with Crippen LogP contribution in [0.3, 0.4) is 0 Å². The smallest absolute Gasteiger partial charge is 0.161 e. The second kappa shape index (κ2) is 3.13. The average Bonchev–Trinajstić information content (AvgIpc) is 1.96. The molecule has 0 aliphatic rings. The molecule has 3 heteroatoms. The summed E-state index contributed by atoms with van der Waals surface area (Å²) in [6.45, 7) is 1.87. The molecule has 1 aromatic carbocycles. The van der Waals surface area contributed by atoms with Crippen molar-refractivity contribution in [2.45, 2.75) is 12.3 Å². The van der Waals surface area contributed by atoms with Gasteiger partial charge in [-0.3, -0.25) is 0 Å². The van der Waals surface area contributed by atoms with Crippen LogP contribution >= 0.6 is 15.9 Å². The highest BCUT2D eigenvalue weighted by Crippen LogP contribution is 2.31. The summed E-state index contributed by atoms with van der Waals surface area (Å²) >= 11 is 3.21. The zero-order chi connectivity index (χ0) is 8.43. The summed E-state index contributed by atoms with van der Waals surface area (Å²) in [6.07, 6.45) is 0. The van der Waals surface area contributed by atoms with Crippen LogP contribution in [0.25, 0.3) is 0 Å². The first-order chi connectivity index (χ1) is 5.15. The van der Waals surface area contributed by atoms with E-state index in [1.165, 1.54) is 6.07 Å². The van der Waals surface area contributed by atoms with Gasteiger partial charge in [0.05, 0.1) is 0 Å². The van der Waals surface area contributed by atoms with Crippen molar-refractivity contribution in [2.75, 3.05) is 0 Å². The maximum Gasteiger partial charge on any atom is 0.161 e.